The van der Waals surface area contributed by atoms with Crippen LogP contribution in [0.25, 0.3) is 10.9 Å². The summed E-state index contributed by atoms with van der Waals surface area (Å²) in [7, 11) is 0. The normalized spacial score (nSPS) is 10.7. The number of amides is 1. The molecule has 3 N–H and O–H groups in total. The van der Waals surface area contributed by atoms with Crippen molar-refractivity contribution in [3.8, 4) is 0 Å². The summed E-state index contributed by atoms with van der Waals surface area (Å²) in [6.07, 6.45) is 5.66. The van der Waals surface area contributed by atoms with Crippen LogP contribution in [0.15, 0.2) is 42.9 Å². The Morgan fingerprint density at radius 3 is 3.00 bits per heavy atom. The number of H-pyrrole nitrogens is 2. The zero-order valence-electron chi connectivity index (χ0n) is 10.3. The first kappa shape index (κ1) is 11.5. The van der Waals surface area contributed by atoms with Gasteiger partial charge < -0.3 is 15.3 Å². The molecule has 0 fully saturated rings. The number of hydrogen-bond donors (Lipinski definition) is 3. The molecule has 0 radical (unpaired) electrons. The van der Waals surface area contributed by atoms with Crippen LogP contribution in [-0.2, 0) is 17.8 Å². The van der Waals surface area contributed by atoms with Crippen molar-refractivity contribution in [3.63, 3.8) is 0 Å². The van der Waals surface area contributed by atoms with Gasteiger partial charge in [-0.05, 0) is 11.6 Å². The molecule has 0 spiro atoms. The van der Waals surface area contributed by atoms with E-state index in [4.69, 9.17) is 0 Å². The molecule has 1 amide bonds. The molecule has 0 saturated heterocycles. The van der Waals surface area contributed by atoms with Crippen molar-refractivity contribution in [2.45, 2.75) is 13.0 Å². The Balaban J connectivity index is 1.66. The van der Waals surface area contributed by atoms with Gasteiger partial charge in [-0.25, -0.2) is 4.98 Å². The summed E-state index contributed by atoms with van der Waals surface area (Å²) in [5, 5.41) is 3.93. The third kappa shape index (κ3) is 2.49. The zero-order valence-corrected chi connectivity index (χ0v) is 10.3. The number of fused-ring (bicyclic) bond motifs is 1. The van der Waals surface area contributed by atoms with Gasteiger partial charge in [0.2, 0.25) is 5.91 Å². The summed E-state index contributed by atoms with van der Waals surface area (Å²) in [6.45, 7) is 0.425. The SMILES string of the molecule is O=C(Cc1c[nH]c2ccccc12)NCc1ncc[nH]1. The van der Waals surface area contributed by atoms with E-state index in [1.165, 1.54) is 0 Å². The number of carbonyl (C=O) groups excluding carboxylic acids is 1. The largest absolute Gasteiger partial charge is 0.361 e. The predicted octanol–water partition coefficient (Wildman–Crippen LogP) is 1.75. The molecule has 0 aliphatic rings. The van der Waals surface area contributed by atoms with Gasteiger partial charge in [0.25, 0.3) is 0 Å². The minimum absolute atomic E-state index is 0.0128. The van der Waals surface area contributed by atoms with Crippen LogP contribution in [0.4, 0.5) is 0 Å². The van der Waals surface area contributed by atoms with Gasteiger partial charge in [-0.15, -0.1) is 0 Å². The Kier molecular flexibility index (Phi) is 3.02. The van der Waals surface area contributed by atoms with Crippen molar-refractivity contribution in [2.24, 2.45) is 0 Å². The van der Waals surface area contributed by atoms with E-state index in [-0.39, 0.29) is 5.91 Å². The van der Waals surface area contributed by atoms with Gasteiger partial charge in [-0.3, -0.25) is 4.79 Å². The van der Waals surface area contributed by atoms with Crippen LogP contribution in [-0.4, -0.2) is 20.9 Å². The van der Waals surface area contributed by atoms with Crippen molar-refractivity contribution in [1.82, 2.24) is 20.3 Å². The maximum Gasteiger partial charge on any atom is 0.224 e. The molecule has 0 aliphatic carbocycles. The second kappa shape index (κ2) is 4.97. The van der Waals surface area contributed by atoms with Gasteiger partial charge in [0.1, 0.15) is 5.82 Å². The molecule has 5 heteroatoms. The minimum atomic E-state index is -0.0128. The highest BCUT2D eigenvalue weighted by molar-refractivity contribution is 5.88. The molecule has 3 rings (SSSR count). The molecule has 0 bridgehead atoms. The van der Waals surface area contributed by atoms with Gasteiger partial charge in [0, 0.05) is 29.5 Å². The average molecular weight is 254 g/mol. The fourth-order valence-corrected chi connectivity index (χ4v) is 2.09. The Hall–Kier alpha value is -2.56. The number of hydrogen-bond acceptors (Lipinski definition) is 2. The Morgan fingerprint density at radius 1 is 1.26 bits per heavy atom. The maximum absolute atomic E-state index is 11.9. The highest BCUT2D eigenvalue weighted by Gasteiger charge is 2.08. The van der Waals surface area contributed by atoms with Crippen molar-refractivity contribution < 1.29 is 4.79 Å². The van der Waals surface area contributed by atoms with Crippen LogP contribution in [0.2, 0.25) is 0 Å². The molecular formula is C14H14N4O. The smallest absolute Gasteiger partial charge is 0.224 e. The van der Waals surface area contributed by atoms with E-state index in [2.05, 4.69) is 20.3 Å². The van der Waals surface area contributed by atoms with Gasteiger partial charge >= 0.3 is 0 Å². The van der Waals surface area contributed by atoms with Crippen molar-refractivity contribution in [2.75, 3.05) is 0 Å². The van der Waals surface area contributed by atoms with Crippen LogP contribution in [0.3, 0.4) is 0 Å². The van der Waals surface area contributed by atoms with Crippen LogP contribution in [0.5, 0.6) is 0 Å². The molecule has 1 aromatic carbocycles. The molecule has 3 aromatic rings. The van der Waals surface area contributed by atoms with E-state index in [0.29, 0.717) is 13.0 Å². The first-order valence-electron chi connectivity index (χ1n) is 6.13. The Bertz CT molecular complexity index is 684. The van der Waals surface area contributed by atoms with E-state index in [9.17, 15) is 4.79 Å². The lowest BCUT2D eigenvalue weighted by Gasteiger charge is -2.02. The Morgan fingerprint density at radius 2 is 2.16 bits per heavy atom. The predicted molar refractivity (Wildman–Crippen MR) is 72.4 cm³/mol. The number of para-hydroxylation sites is 1. The molecule has 96 valence electrons. The Labute approximate surface area is 110 Å². The lowest BCUT2D eigenvalue weighted by Crippen LogP contribution is -2.24. The van der Waals surface area contributed by atoms with E-state index in [1.54, 1.807) is 12.4 Å². The number of aromatic amines is 2. The second-order valence-corrected chi connectivity index (χ2v) is 4.35. The molecule has 0 atom stereocenters. The number of rotatable bonds is 4. The number of nitrogens with zero attached hydrogens (tertiary/aromatic N) is 1. The van der Waals surface area contributed by atoms with Crippen LogP contribution in [0.1, 0.15) is 11.4 Å². The number of nitrogens with one attached hydrogen (secondary N) is 3. The lowest BCUT2D eigenvalue weighted by molar-refractivity contribution is -0.120. The van der Waals surface area contributed by atoms with Crippen molar-refractivity contribution >= 4 is 16.8 Å². The number of aromatic nitrogens is 3. The molecule has 0 unspecified atom stereocenters. The summed E-state index contributed by atoms with van der Waals surface area (Å²) in [5.74, 6) is 0.744. The lowest BCUT2D eigenvalue weighted by atomic mass is 10.1. The molecule has 2 aromatic heterocycles. The first-order chi connectivity index (χ1) is 9.33. The average Bonchev–Trinajstić information content (AvgIpc) is 3.07. The fraction of sp³-hybridized carbons (Fsp3) is 0.143. The van der Waals surface area contributed by atoms with Crippen LogP contribution < -0.4 is 5.32 Å². The van der Waals surface area contributed by atoms with E-state index in [0.717, 1.165) is 22.3 Å². The number of carbonyl (C=O) groups is 1. The standard InChI is InChI=1S/C14H14N4O/c19-14(18-9-13-15-5-6-16-13)7-10-8-17-12-4-2-1-3-11(10)12/h1-6,8,17H,7,9H2,(H,15,16)(H,18,19). The van der Waals surface area contributed by atoms with E-state index >= 15 is 0 Å². The summed E-state index contributed by atoms with van der Waals surface area (Å²) < 4.78 is 0. The highest BCUT2D eigenvalue weighted by Crippen LogP contribution is 2.17. The van der Waals surface area contributed by atoms with Gasteiger partial charge in [-0.1, -0.05) is 18.2 Å². The van der Waals surface area contributed by atoms with Gasteiger partial charge in [0.15, 0.2) is 0 Å². The second-order valence-electron chi connectivity index (χ2n) is 4.35. The molecule has 5 nitrogen and oxygen atoms in total. The third-order valence-corrected chi connectivity index (χ3v) is 3.03. The monoisotopic (exact) mass is 254 g/mol. The third-order valence-electron chi connectivity index (χ3n) is 3.03. The number of imidazole rings is 1. The summed E-state index contributed by atoms with van der Waals surface area (Å²) in [4.78, 5) is 22.1. The topological polar surface area (TPSA) is 73.6 Å². The van der Waals surface area contributed by atoms with Crippen LogP contribution in [0, 0.1) is 0 Å². The molecule has 19 heavy (non-hydrogen) atoms. The molecule has 2 heterocycles. The van der Waals surface area contributed by atoms with E-state index < -0.39 is 0 Å². The summed E-state index contributed by atoms with van der Waals surface area (Å²) >= 11 is 0. The minimum Gasteiger partial charge on any atom is -0.361 e. The summed E-state index contributed by atoms with van der Waals surface area (Å²) in [5.41, 5.74) is 2.06. The van der Waals surface area contributed by atoms with Gasteiger partial charge in [0.05, 0.1) is 13.0 Å². The van der Waals surface area contributed by atoms with Crippen LogP contribution >= 0.6 is 0 Å². The fourth-order valence-electron chi connectivity index (χ4n) is 2.09. The van der Waals surface area contributed by atoms with Crippen molar-refractivity contribution in [3.05, 3.63) is 54.2 Å². The van der Waals surface area contributed by atoms with E-state index in [1.807, 2.05) is 30.5 Å². The van der Waals surface area contributed by atoms with Gasteiger partial charge in [-0.2, -0.15) is 0 Å². The quantitative estimate of drug-likeness (QED) is 0.663. The summed E-state index contributed by atoms with van der Waals surface area (Å²) in [6, 6.07) is 7.96. The molecular weight excluding hydrogens is 240 g/mol. The molecule has 0 saturated carbocycles. The van der Waals surface area contributed by atoms with Crippen molar-refractivity contribution in [1.29, 1.82) is 0 Å². The number of benzene rings is 1. The molecule has 0 aliphatic heterocycles. The maximum atomic E-state index is 11.9. The zero-order chi connectivity index (χ0) is 13.1. The highest BCUT2D eigenvalue weighted by atomic mass is 16.1. The first-order valence-corrected chi connectivity index (χ1v) is 6.13.